The fraction of sp³-hybridized carbons (Fsp3) is 0.316. The number of para-hydroxylation sites is 1. The van der Waals surface area contributed by atoms with E-state index in [1.807, 2.05) is 6.07 Å². The molecule has 0 heterocycles. The average Bonchev–Trinajstić information content (AvgIpc) is 2.62. The molecule has 0 spiro atoms. The van der Waals surface area contributed by atoms with Crippen molar-refractivity contribution in [3.05, 3.63) is 54.6 Å². The van der Waals surface area contributed by atoms with E-state index in [9.17, 15) is 13.2 Å². The first kappa shape index (κ1) is 23.0. The minimum Gasteiger partial charge on any atom is -0.330 e. The van der Waals surface area contributed by atoms with Crippen molar-refractivity contribution in [1.82, 2.24) is 0 Å². The van der Waals surface area contributed by atoms with Crippen LogP contribution < -0.4 is 15.8 Å². The number of halogens is 1. The Balaban J connectivity index is 0.00000364. The summed E-state index contributed by atoms with van der Waals surface area (Å²) in [5.74, 6) is -0.0734. The van der Waals surface area contributed by atoms with Gasteiger partial charge in [-0.25, -0.2) is 8.42 Å². The molecule has 8 heteroatoms. The predicted molar refractivity (Wildman–Crippen MR) is 112 cm³/mol. The molecule has 0 radical (unpaired) electrons. The second-order valence-electron chi connectivity index (χ2n) is 6.00. The monoisotopic (exact) mass is 411 g/mol. The summed E-state index contributed by atoms with van der Waals surface area (Å²) in [5.41, 5.74) is 6.51. The zero-order valence-electron chi connectivity index (χ0n) is 15.1. The maximum atomic E-state index is 12.4. The van der Waals surface area contributed by atoms with Crippen LogP contribution in [0, 0.1) is 0 Å². The van der Waals surface area contributed by atoms with Gasteiger partial charge < -0.3 is 11.1 Å². The molecule has 2 rings (SSSR count). The van der Waals surface area contributed by atoms with E-state index >= 15 is 0 Å². The van der Waals surface area contributed by atoms with Gasteiger partial charge in [0.2, 0.25) is 5.91 Å². The van der Waals surface area contributed by atoms with E-state index in [1.165, 1.54) is 12.1 Å². The van der Waals surface area contributed by atoms with Gasteiger partial charge in [0, 0.05) is 17.8 Å². The summed E-state index contributed by atoms with van der Waals surface area (Å²) in [7, 11) is -3.65. The van der Waals surface area contributed by atoms with E-state index in [4.69, 9.17) is 5.73 Å². The number of carbonyl (C=O) groups is 1. The molecule has 0 aliphatic heterocycles. The molecule has 0 aliphatic rings. The molecule has 0 atom stereocenters. The van der Waals surface area contributed by atoms with Crippen LogP contribution in [0.1, 0.15) is 32.1 Å². The van der Waals surface area contributed by atoms with Gasteiger partial charge in [0.1, 0.15) is 0 Å². The largest absolute Gasteiger partial charge is 0.330 e. The number of unbranched alkanes of at least 4 members (excludes halogenated alkanes) is 3. The number of carbonyl (C=O) groups excluding carboxylic acids is 1. The van der Waals surface area contributed by atoms with E-state index < -0.39 is 10.0 Å². The molecule has 2 aromatic carbocycles. The first-order chi connectivity index (χ1) is 12.5. The highest BCUT2D eigenvalue weighted by atomic mass is 35.5. The number of benzene rings is 2. The van der Waals surface area contributed by atoms with Crippen LogP contribution in [0.25, 0.3) is 0 Å². The maximum absolute atomic E-state index is 12.4. The normalized spacial score (nSPS) is 10.7. The Labute approximate surface area is 167 Å². The molecular weight excluding hydrogens is 386 g/mol. The molecule has 0 aromatic heterocycles. The molecule has 4 N–H and O–H groups in total. The van der Waals surface area contributed by atoms with Crippen LogP contribution in [0.3, 0.4) is 0 Å². The molecule has 0 bridgehead atoms. The fourth-order valence-electron chi connectivity index (χ4n) is 2.44. The number of nitrogens with one attached hydrogen (secondary N) is 2. The number of hydrogen-bond acceptors (Lipinski definition) is 4. The van der Waals surface area contributed by atoms with Crippen LogP contribution in [0.15, 0.2) is 59.5 Å². The van der Waals surface area contributed by atoms with E-state index in [1.54, 1.807) is 36.4 Å². The van der Waals surface area contributed by atoms with Gasteiger partial charge >= 0.3 is 0 Å². The van der Waals surface area contributed by atoms with E-state index in [0.29, 0.717) is 24.3 Å². The molecule has 0 fully saturated rings. The number of amides is 1. The minimum atomic E-state index is -3.65. The lowest BCUT2D eigenvalue weighted by atomic mass is 10.1. The molecule has 2 aromatic rings. The third-order valence-electron chi connectivity index (χ3n) is 3.83. The lowest BCUT2D eigenvalue weighted by molar-refractivity contribution is -0.116. The number of sulfonamides is 1. The van der Waals surface area contributed by atoms with E-state index in [2.05, 4.69) is 10.0 Å². The molecule has 0 saturated carbocycles. The minimum absolute atomic E-state index is 0. The highest BCUT2D eigenvalue weighted by Gasteiger charge is 2.14. The van der Waals surface area contributed by atoms with Gasteiger partial charge in [0.25, 0.3) is 10.0 Å². The zero-order valence-corrected chi connectivity index (χ0v) is 16.7. The summed E-state index contributed by atoms with van der Waals surface area (Å²) in [6, 6.07) is 14.8. The highest BCUT2D eigenvalue weighted by Crippen LogP contribution is 2.18. The Bertz CT molecular complexity index is 797. The van der Waals surface area contributed by atoms with Crippen LogP contribution in [0.5, 0.6) is 0 Å². The first-order valence-corrected chi connectivity index (χ1v) is 10.2. The van der Waals surface area contributed by atoms with Gasteiger partial charge in [0.05, 0.1) is 4.90 Å². The van der Waals surface area contributed by atoms with Crippen molar-refractivity contribution in [3.63, 3.8) is 0 Å². The molecule has 0 saturated heterocycles. The third kappa shape index (κ3) is 7.99. The summed E-state index contributed by atoms with van der Waals surface area (Å²) >= 11 is 0. The second kappa shape index (κ2) is 11.6. The van der Waals surface area contributed by atoms with Gasteiger partial charge in [0.15, 0.2) is 0 Å². The molecule has 0 aliphatic carbocycles. The average molecular weight is 412 g/mol. The summed E-state index contributed by atoms with van der Waals surface area (Å²) in [6.45, 7) is 0.681. The molecule has 0 unspecified atom stereocenters. The molecule has 6 nitrogen and oxygen atoms in total. The Morgan fingerprint density at radius 2 is 1.48 bits per heavy atom. The van der Waals surface area contributed by atoms with Gasteiger partial charge in [-0.05, 0) is 55.8 Å². The summed E-state index contributed by atoms with van der Waals surface area (Å²) in [6.07, 6.45) is 4.26. The Hall–Kier alpha value is -2.09. The second-order valence-corrected chi connectivity index (χ2v) is 7.68. The predicted octanol–water partition coefficient (Wildman–Crippen LogP) is 3.76. The van der Waals surface area contributed by atoms with Crippen molar-refractivity contribution in [2.45, 2.75) is 37.0 Å². The molecule has 1 amide bonds. The summed E-state index contributed by atoms with van der Waals surface area (Å²) < 4.78 is 27.2. The quantitative estimate of drug-likeness (QED) is 0.518. The van der Waals surface area contributed by atoms with Crippen molar-refractivity contribution in [1.29, 1.82) is 0 Å². The van der Waals surface area contributed by atoms with Crippen LogP contribution in [-0.2, 0) is 14.8 Å². The van der Waals surface area contributed by atoms with E-state index in [-0.39, 0.29) is 23.2 Å². The fourth-order valence-corrected chi connectivity index (χ4v) is 3.50. The molecule has 27 heavy (non-hydrogen) atoms. The van der Waals surface area contributed by atoms with Crippen molar-refractivity contribution in [2.24, 2.45) is 5.73 Å². The third-order valence-corrected chi connectivity index (χ3v) is 5.23. The number of hydrogen-bond donors (Lipinski definition) is 3. The van der Waals surface area contributed by atoms with Crippen LogP contribution in [0.2, 0.25) is 0 Å². The Morgan fingerprint density at radius 1 is 0.852 bits per heavy atom. The Morgan fingerprint density at radius 3 is 2.11 bits per heavy atom. The van der Waals surface area contributed by atoms with Gasteiger partial charge in [-0.1, -0.05) is 31.0 Å². The smallest absolute Gasteiger partial charge is 0.261 e. The Kier molecular flexibility index (Phi) is 9.85. The topological polar surface area (TPSA) is 101 Å². The SMILES string of the molecule is Cl.NCCCCCCC(=O)Nc1ccc(S(=O)(=O)Nc2ccccc2)cc1. The van der Waals surface area contributed by atoms with Gasteiger partial charge in [-0.15, -0.1) is 12.4 Å². The number of nitrogens with two attached hydrogens (primary N) is 1. The van der Waals surface area contributed by atoms with Crippen molar-refractivity contribution >= 4 is 39.7 Å². The molecule has 148 valence electrons. The van der Waals surface area contributed by atoms with Crippen LogP contribution in [-0.4, -0.2) is 20.9 Å². The van der Waals surface area contributed by atoms with E-state index in [0.717, 1.165) is 25.7 Å². The summed E-state index contributed by atoms with van der Waals surface area (Å²) in [5, 5.41) is 2.78. The van der Waals surface area contributed by atoms with Crippen LogP contribution in [0.4, 0.5) is 11.4 Å². The molecular formula is C19H26ClN3O3S. The van der Waals surface area contributed by atoms with Gasteiger partial charge in [-0.3, -0.25) is 9.52 Å². The highest BCUT2D eigenvalue weighted by molar-refractivity contribution is 7.92. The van der Waals surface area contributed by atoms with Crippen molar-refractivity contribution in [2.75, 3.05) is 16.6 Å². The lowest BCUT2D eigenvalue weighted by Gasteiger charge is -2.09. The maximum Gasteiger partial charge on any atom is 0.261 e. The standard InChI is InChI=1S/C19H25N3O3S.ClH/c20-15-7-2-1-6-10-19(23)21-16-11-13-18(14-12-16)26(24,25)22-17-8-4-3-5-9-17;/h3-5,8-9,11-14,22H,1-2,6-7,10,15,20H2,(H,21,23);1H. The zero-order chi connectivity index (χ0) is 18.8. The first-order valence-electron chi connectivity index (χ1n) is 8.69. The summed E-state index contributed by atoms with van der Waals surface area (Å²) in [4.78, 5) is 12.0. The van der Waals surface area contributed by atoms with Crippen LogP contribution >= 0.6 is 12.4 Å². The van der Waals surface area contributed by atoms with Crippen molar-refractivity contribution < 1.29 is 13.2 Å². The number of rotatable bonds is 10. The number of anilines is 2. The van der Waals surface area contributed by atoms with Gasteiger partial charge in [-0.2, -0.15) is 0 Å². The van der Waals surface area contributed by atoms with Crippen molar-refractivity contribution in [3.8, 4) is 0 Å². The lowest BCUT2D eigenvalue weighted by Crippen LogP contribution is -2.14.